The smallest absolute Gasteiger partial charge is 0.187 e. The minimum atomic E-state index is -1.77. The second-order valence-electron chi connectivity index (χ2n) is 11.8. The number of fused-ring (bicyclic) bond motifs is 5. The molecule has 0 unspecified atom stereocenters. The lowest BCUT2D eigenvalue weighted by atomic mass is 9.45. The van der Waals surface area contributed by atoms with Crippen molar-refractivity contribution < 1.29 is 39.5 Å². The van der Waals surface area contributed by atoms with Gasteiger partial charge in [0.25, 0.3) is 0 Å². The van der Waals surface area contributed by atoms with Gasteiger partial charge in [-0.3, -0.25) is 4.79 Å². The first kappa shape index (κ1) is 23.7. The first-order chi connectivity index (χ1) is 15.6. The molecule has 8 heteroatoms. The molecule has 1 saturated heterocycles. The van der Waals surface area contributed by atoms with Crippen LogP contribution in [0.4, 0.5) is 0 Å². The maximum absolute atomic E-state index is 12.6. The highest BCUT2D eigenvalue weighted by Gasteiger charge is 2.60. The summed E-state index contributed by atoms with van der Waals surface area (Å²) in [5.41, 5.74) is 0.0606. The van der Waals surface area contributed by atoms with Gasteiger partial charge in [0, 0.05) is 11.8 Å². The van der Waals surface area contributed by atoms with Crippen LogP contribution in [0.1, 0.15) is 71.6 Å². The summed E-state index contributed by atoms with van der Waals surface area (Å²) in [6.45, 7) is 4.60. The van der Waals surface area contributed by atoms with E-state index in [9.17, 15) is 30.0 Å². The number of aliphatic carboxylic acids is 1. The van der Waals surface area contributed by atoms with Crippen molar-refractivity contribution in [1.29, 1.82) is 0 Å². The van der Waals surface area contributed by atoms with E-state index in [1.54, 1.807) is 0 Å². The molecular weight excluding hydrogens is 428 g/mol. The molecule has 4 saturated carbocycles. The first-order valence-corrected chi connectivity index (χ1v) is 12.7. The van der Waals surface area contributed by atoms with Gasteiger partial charge in [0.05, 0.1) is 12.1 Å². The third-order valence-corrected chi connectivity index (χ3v) is 10.5. The van der Waals surface area contributed by atoms with E-state index >= 15 is 0 Å². The number of carbonyl (C=O) groups is 2. The van der Waals surface area contributed by atoms with E-state index in [2.05, 4.69) is 13.8 Å². The predicted octanol–water partition coefficient (Wildman–Crippen LogP) is 0.541. The second kappa shape index (κ2) is 8.26. The van der Waals surface area contributed by atoms with Gasteiger partial charge in [-0.25, -0.2) is 0 Å². The van der Waals surface area contributed by atoms with Gasteiger partial charge in [-0.15, -0.1) is 0 Å². The van der Waals surface area contributed by atoms with Crippen molar-refractivity contribution in [2.75, 3.05) is 0 Å². The van der Waals surface area contributed by atoms with E-state index in [-0.39, 0.29) is 16.9 Å². The van der Waals surface area contributed by atoms with Crippen LogP contribution in [0, 0.1) is 34.5 Å². The van der Waals surface area contributed by atoms with Crippen molar-refractivity contribution in [3.05, 3.63) is 0 Å². The lowest BCUT2D eigenvalue weighted by Gasteiger charge is -2.60. The molecule has 186 valence electrons. The van der Waals surface area contributed by atoms with Gasteiger partial charge in [-0.05, 0) is 80.5 Å². The number of hydrogen-bond acceptors (Lipinski definition) is 8. The molecule has 5 rings (SSSR count). The number of carboxylic acids is 1. The van der Waals surface area contributed by atoms with Crippen molar-refractivity contribution in [1.82, 2.24) is 0 Å². The van der Waals surface area contributed by atoms with Crippen LogP contribution in [0.25, 0.3) is 0 Å². The predicted molar refractivity (Wildman–Crippen MR) is 113 cm³/mol. The summed E-state index contributed by atoms with van der Waals surface area (Å²) >= 11 is 0. The highest BCUT2D eigenvalue weighted by molar-refractivity contribution is 5.87. The van der Waals surface area contributed by atoms with Crippen molar-refractivity contribution in [3.8, 4) is 0 Å². The lowest BCUT2D eigenvalue weighted by Crippen LogP contribution is -2.63. The molecular formula is C25H37O8-. The van der Waals surface area contributed by atoms with Crippen molar-refractivity contribution in [2.24, 2.45) is 34.5 Å². The zero-order valence-electron chi connectivity index (χ0n) is 19.5. The fourth-order valence-corrected chi connectivity index (χ4v) is 8.46. The Bertz CT molecular complexity index is 801. The Balaban J connectivity index is 1.26. The average molecular weight is 466 g/mol. The second-order valence-corrected chi connectivity index (χ2v) is 11.8. The Morgan fingerprint density at radius 2 is 1.76 bits per heavy atom. The van der Waals surface area contributed by atoms with Crippen LogP contribution < -0.4 is 5.11 Å². The van der Waals surface area contributed by atoms with E-state index in [1.807, 2.05) is 0 Å². The van der Waals surface area contributed by atoms with Gasteiger partial charge in [0.2, 0.25) is 0 Å². The van der Waals surface area contributed by atoms with Crippen LogP contribution in [0.3, 0.4) is 0 Å². The SMILES string of the molecule is C[C@]12CC[C@H](O[C@@H]3O[C@H](C(=O)[O-])[C@@H](O)[C@H](O)[C@H]3O)C[C@H]1CC[C@@H]1[C@@H]2CC[C@]2(C)C(=O)CC[C@@H]12. The quantitative estimate of drug-likeness (QED) is 0.514. The zero-order chi connectivity index (χ0) is 23.7. The molecule has 3 N–H and O–H groups in total. The van der Waals surface area contributed by atoms with Crippen molar-refractivity contribution in [2.45, 2.75) is 108 Å². The van der Waals surface area contributed by atoms with Gasteiger partial charge in [0.1, 0.15) is 30.2 Å². The Morgan fingerprint density at radius 3 is 2.48 bits per heavy atom. The largest absolute Gasteiger partial charge is 0.547 e. The summed E-state index contributed by atoms with van der Waals surface area (Å²) in [5, 5.41) is 41.5. The average Bonchev–Trinajstić information content (AvgIpc) is 3.08. The van der Waals surface area contributed by atoms with E-state index in [1.165, 1.54) is 0 Å². The number of aliphatic hydroxyl groups is 3. The molecule has 5 aliphatic rings. The zero-order valence-corrected chi connectivity index (χ0v) is 19.5. The first-order valence-electron chi connectivity index (χ1n) is 12.7. The van der Waals surface area contributed by atoms with E-state index in [0.29, 0.717) is 29.5 Å². The summed E-state index contributed by atoms with van der Waals surface area (Å²) in [5.74, 6) is 0.993. The lowest BCUT2D eigenvalue weighted by molar-refractivity contribution is -0.354. The molecule has 0 radical (unpaired) electrons. The highest BCUT2D eigenvalue weighted by Crippen LogP contribution is 2.65. The number of aliphatic hydroxyl groups excluding tert-OH is 3. The summed E-state index contributed by atoms with van der Waals surface area (Å²) in [6, 6.07) is 0. The maximum atomic E-state index is 12.6. The number of Topliss-reactive ketones (excluding diaryl/α,β-unsaturated/α-hetero) is 1. The Labute approximate surface area is 194 Å². The third kappa shape index (κ3) is 3.59. The molecule has 1 heterocycles. The van der Waals surface area contributed by atoms with Crippen LogP contribution in [-0.4, -0.2) is 63.9 Å². The number of carboxylic acid groups (broad SMARTS) is 1. The van der Waals surface area contributed by atoms with Gasteiger partial charge >= 0.3 is 0 Å². The molecule has 0 aromatic heterocycles. The molecule has 0 aromatic rings. The maximum Gasteiger partial charge on any atom is 0.187 e. The summed E-state index contributed by atoms with van der Waals surface area (Å²) in [6.07, 6.45) is 0.333. The Kier molecular flexibility index (Phi) is 5.93. The van der Waals surface area contributed by atoms with Crippen LogP contribution in [-0.2, 0) is 19.1 Å². The van der Waals surface area contributed by atoms with Gasteiger partial charge in [0.15, 0.2) is 6.29 Å². The van der Waals surface area contributed by atoms with E-state index < -0.39 is 36.7 Å². The molecule has 33 heavy (non-hydrogen) atoms. The molecule has 5 fully saturated rings. The van der Waals surface area contributed by atoms with Crippen LogP contribution in [0.15, 0.2) is 0 Å². The fraction of sp³-hybridized carbons (Fsp3) is 0.920. The number of ketones is 1. The van der Waals surface area contributed by atoms with Crippen molar-refractivity contribution >= 4 is 11.8 Å². The minimum Gasteiger partial charge on any atom is -0.547 e. The number of rotatable bonds is 3. The molecule has 0 aromatic carbocycles. The van der Waals surface area contributed by atoms with Gasteiger partial charge in [-0.2, -0.15) is 0 Å². The highest BCUT2D eigenvalue weighted by atomic mass is 16.7. The minimum absolute atomic E-state index is 0.125. The number of hydrogen-bond donors (Lipinski definition) is 3. The van der Waals surface area contributed by atoms with Crippen LogP contribution >= 0.6 is 0 Å². The van der Waals surface area contributed by atoms with E-state index in [0.717, 1.165) is 57.8 Å². The summed E-state index contributed by atoms with van der Waals surface area (Å²) in [7, 11) is 0. The molecule has 0 bridgehead atoms. The summed E-state index contributed by atoms with van der Waals surface area (Å²) < 4.78 is 11.3. The van der Waals surface area contributed by atoms with E-state index in [4.69, 9.17) is 9.47 Å². The molecule has 0 spiro atoms. The normalized spacial score (nSPS) is 54.3. The van der Waals surface area contributed by atoms with Crippen molar-refractivity contribution in [3.63, 3.8) is 0 Å². The third-order valence-electron chi connectivity index (χ3n) is 10.5. The monoisotopic (exact) mass is 465 g/mol. The standard InChI is InChI=1S/C25H38O8/c1-24-9-7-13(32-23-20(29)18(27)19(28)21(33-23)22(30)31)11-12(24)3-4-14-15-5-6-17(26)25(15,2)10-8-16(14)24/h12-16,18-21,23,27-29H,3-11H2,1-2H3,(H,30,31)/p-1/t12-,13+,14+,15+,16+,18+,19+,20-,21+,23-,24+,25+/m1/s1. The van der Waals surface area contributed by atoms with Crippen LogP contribution in [0.5, 0.6) is 0 Å². The summed E-state index contributed by atoms with van der Waals surface area (Å²) in [4.78, 5) is 23.9. The number of carbonyl (C=O) groups excluding carboxylic acids is 2. The topological polar surface area (TPSA) is 136 Å². The molecule has 4 aliphatic carbocycles. The van der Waals surface area contributed by atoms with Gasteiger partial charge < -0.3 is 34.7 Å². The molecule has 1 aliphatic heterocycles. The Morgan fingerprint density at radius 1 is 1.00 bits per heavy atom. The Hall–Kier alpha value is -1.06. The molecule has 12 atom stereocenters. The van der Waals surface area contributed by atoms with Crippen LogP contribution in [0.2, 0.25) is 0 Å². The fourth-order valence-electron chi connectivity index (χ4n) is 8.46. The number of ether oxygens (including phenoxy) is 2. The molecule has 8 nitrogen and oxygen atoms in total. The molecule has 0 amide bonds. The van der Waals surface area contributed by atoms with Gasteiger partial charge in [-0.1, -0.05) is 13.8 Å².